The van der Waals surface area contributed by atoms with Crippen molar-refractivity contribution in [3.05, 3.63) is 30.1 Å². The lowest BCUT2D eigenvalue weighted by Gasteiger charge is -2.34. The average molecular weight is 730 g/mol. The lowest BCUT2D eigenvalue weighted by molar-refractivity contribution is -0.132. The van der Waals surface area contributed by atoms with Crippen LogP contribution in [0.5, 0.6) is 0 Å². The summed E-state index contributed by atoms with van der Waals surface area (Å²) in [5, 5.41) is 22.3. The minimum Gasteiger partial charge on any atom is -0.389 e. The van der Waals surface area contributed by atoms with Crippen LogP contribution in [0.4, 0.5) is 5.82 Å². The minimum absolute atomic E-state index is 0.102. The molecular formula is C36H55N7O9. The average Bonchev–Trinajstić information content (AvgIpc) is 3.41. The molecule has 2 heterocycles. The number of imidazole rings is 1. The quantitative estimate of drug-likeness (QED) is 0.0947. The number of ether oxygens (including phenoxy) is 4. The molecule has 0 saturated carbocycles. The molecule has 3 rings (SSSR count). The number of benzene rings is 1. The molecule has 3 aromatic rings. The van der Waals surface area contributed by atoms with Gasteiger partial charge in [0, 0.05) is 30.0 Å². The molecule has 0 aliphatic heterocycles. The number of amides is 4. The van der Waals surface area contributed by atoms with Crippen LogP contribution in [0.2, 0.25) is 0 Å². The summed E-state index contributed by atoms with van der Waals surface area (Å²) in [6.45, 7) is 13.5. The van der Waals surface area contributed by atoms with E-state index in [0.717, 1.165) is 5.39 Å². The van der Waals surface area contributed by atoms with Gasteiger partial charge in [0.1, 0.15) is 31.2 Å². The van der Waals surface area contributed by atoms with Crippen molar-refractivity contribution < 1.29 is 43.2 Å². The van der Waals surface area contributed by atoms with E-state index in [-0.39, 0.29) is 77.0 Å². The van der Waals surface area contributed by atoms with Crippen LogP contribution in [0.1, 0.15) is 60.7 Å². The number of anilines is 1. The molecular weight excluding hydrogens is 674 g/mol. The first-order valence-corrected chi connectivity index (χ1v) is 17.4. The third-order valence-corrected chi connectivity index (χ3v) is 7.76. The van der Waals surface area contributed by atoms with Gasteiger partial charge in [0.2, 0.25) is 23.6 Å². The lowest BCUT2D eigenvalue weighted by atomic mass is 9.79. The van der Waals surface area contributed by atoms with Crippen molar-refractivity contribution in [3.63, 3.8) is 0 Å². The Bertz CT molecular complexity index is 1680. The van der Waals surface area contributed by atoms with Gasteiger partial charge in [0.05, 0.1) is 56.2 Å². The molecule has 0 fully saturated rings. The van der Waals surface area contributed by atoms with Gasteiger partial charge in [0.25, 0.3) is 0 Å². The molecule has 4 amide bonds. The zero-order valence-corrected chi connectivity index (χ0v) is 31.6. The molecule has 0 unspecified atom stereocenters. The van der Waals surface area contributed by atoms with Crippen LogP contribution in [-0.4, -0.2) is 114 Å². The predicted octanol–water partition coefficient (Wildman–Crippen LogP) is 2.05. The largest absolute Gasteiger partial charge is 0.389 e. The Balaban J connectivity index is 1.40. The number of rotatable bonds is 22. The third kappa shape index (κ3) is 13.1. The zero-order valence-electron chi connectivity index (χ0n) is 31.6. The number of aliphatic hydroxyl groups is 1. The number of carbonyl (C=O) groups is 4. The monoisotopic (exact) mass is 729 g/mol. The van der Waals surface area contributed by atoms with Gasteiger partial charge in [-0.05, 0) is 47.1 Å². The molecule has 0 aliphatic carbocycles. The molecule has 16 heteroatoms. The van der Waals surface area contributed by atoms with Crippen molar-refractivity contribution in [1.29, 1.82) is 0 Å². The van der Waals surface area contributed by atoms with Crippen LogP contribution in [0.25, 0.3) is 21.9 Å². The molecule has 0 aliphatic rings. The highest BCUT2D eigenvalue weighted by atomic mass is 16.5. The maximum Gasteiger partial charge on any atom is 0.246 e. The molecule has 52 heavy (non-hydrogen) atoms. The van der Waals surface area contributed by atoms with E-state index in [9.17, 15) is 24.3 Å². The standard InChI is InChI=1S/C36H55N7O9/c1-9-49-19-26-40-30-31(43(26)23-36(6,7)48)24-12-10-11-13-25(24)39-32(30)41-27(44)18-38-28(45)20-51-16-14-50-15-17-52-21-29(46)42-35(4,5)22-34(2,3)33(47)37-8/h10-13,48H,9,14-23H2,1-8H3,(H,37,47)(H,38,45)(H,42,46)(H,39,41,44). The number of aromatic nitrogens is 3. The summed E-state index contributed by atoms with van der Waals surface area (Å²) in [7, 11) is 1.58. The molecule has 2 aromatic heterocycles. The van der Waals surface area contributed by atoms with Gasteiger partial charge in [0.15, 0.2) is 5.82 Å². The number of hydrogen-bond donors (Lipinski definition) is 5. The Morgan fingerprint density at radius 2 is 1.48 bits per heavy atom. The van der Waals surface area contributed by atoms with Crippen molar-refractivity contribution in [1.82, 2.24) is 30.5 Å². The number of nitrogens with one attached hydrogen (secondary N) is 4. The number of pyridine rings is 1. The van der Waals surface area contributed by atoms with E-state index >= 15 is 0 Å². The second kappa shape index (κ2) is 19.0. The van der Waals surface area contributed by atoms with Gasteiger partial charge < -0.3 is 49.9 Å². The van der Waals surface area contributed by atoms with Crippen molar-refractivity contribution in [2.24, 2.45) is 5.41 Å². The summed E-state index contributed by atoms with van der Waals surface area (Å²) in [6.07, 6.45) is 0.445. The van der Waals surface area contributed by atoms with Gasteiger partial charge >= 0.3 is 0 Å². The summed E-state index contributed by atoms with van der Waals surface area (Å²) in [5.41, 5.74) is -0.546. The van der Waals surface area contributed by atoms with Crippen LogP contribution in [0.3, 0.4) is 0 Å². The zero-order chi connectivity index (χ0) is 38.5. The molecule has 1 aromatic carbocycles. The summed E-state index contributed by atoms with van der Waals surface area (Å²) < 4.78 is 23.7. The fourth-order valence-electron chi connectivity index (χ4n) is 5.88. The molecule has 0 atom stereocenters. The normalized spacial score (nSPS) is 12.2. The van der Waals surface area contributed by atoms with E-state index in [1.165, 1.54) is 0 Å². The predicted molar refractivity (Wildman–Crippen MR) is 195 cm³/mol. The fraction of sp³-hybridized carbons (Fsp3) is 0.611. The highest BCUT2D eigenvalue weighted by molar-refractivity contribution is 6.10. The van der Waals surface area contributed by atoms with E-state index in [4.69, 9.17) is 23.9 Å². The van der Waals surface area contributed by atoms with E-state index in [1.54, 1.807) is 20.9 Å². The van der Waals surface area contributed by atoms with Crippen molar-refractivity contribution in [2.75, 3.05) is 65.2 Å². The molecule has 5 N–H and O–H groups in total. The SMILES string of the molecule is CCOCc1nc2c(NC(=O)CNC(=O)COCCOCCOCC(=O)NC(C)(C)CC(C)(C)C(=O)NC)nc3ccccc3c2n1CC(C)(C)O. The number of hydrogen-bond acceptors (Lipinski definition) is 11. The second-order valence-electron chi connectivity index (χ2n) is 14.4. The van der Waals surface area contributed by atoms with E-state index in [0.29, 0.717) is 35.4 Å². The van der Waals surface area contributed by atoms with Gasteiger partial charge in [-0.25, -0.2) is 9.97 Å². The topological polar surface area (TPSA) is 204 Å². The molecule has 0 radical (unpaired) electrons. The Hall–Kier alpha value is -4.22. The molecule has 288 valence electrons. The van der Waals surface area contributed by atoms with Crippen LogP contribution in [0, 0.1) is 5.41 Å². The summed E-state index contributed by atoms with van der Waals surface area (Å²) in [4.78, 5) is 59.0. The van der Waals surface area contributed by atoms with Crippen LogP contribution < -0.4 is 21.3 Å². The molecule has 0 bridgehead atoms. The number of carbonyl (C=O) groups excluding carboxylic acids is 4. The van der Waals surface area contributed by atoms with Crippen LogP contribution in [-0.2, 0) is 51.3 Å². The third-order valence-electron chi connectivity index (χ3n) is 7.76. The molecule has 16 nitrogen and oxygen atoms in total. The summed E-state index contributed by atoms with van der Waals surface area (Å²) in [5.74, 6) is -0.589. The van der Waals surface area contributed by atoms with Gasteiger partial charge in [-0.15, -0.1) is 0 Å². The maximum absolute atomic E-state index is 12.9. The Morgan fingerprint density at radius 1 is 0.846 bits per heavy atom. The summed E-state index contributed by atoms with van der Waals surface area (Å²) >= 11 is 0. The van der Waals surface area contributed by atoms with Crippen LogP contribution in [0.15, 0.2) is 24.3 Å². The van der Waals surface area contributed by atoms with Gasteiger partial charge in [-0.1, -0.05) is 32.0 Å². The minimum atomic E-state index is -1.05. The molecule has 0 spiro atoms. The highest BCUT2D eigenvalue weighted by Crippen LogP contribution is 2.32. The lowest BCUT2D eigenvalue weighted by Crippen LogP contribution is -2.50. The van der Waals surface area contributed by atoms with Crippen molar-refractivity contribution in [2.45, 2.75) is 79.2 Å². The number of nitrogens with zero attached hydrogens (tertiary/aromatic N) is 3. The maximum atomic E-state index is 12.9. The molecule has 0 saturated heterocycles. The number of fused-ring (bicyclic) bond motifs is 3. The highest BCUT2D eigenvalue weighted by Gasteiger charge is 2.35. The van der Waals surface area contributed by atoms with E-state index in [2.05, 4.69) is 26.3 Å². The van der Waals surface area contributed by atoms with E-state index < -0.39 is 28.4 Å². The van der Waals surface area contributed by atoms with E-state index in [1.807, 2.05) is 63.5 Å². The Morgan fingerprint density at radius 3 is 2.12 bits per heavy atom. The Labute approximate surface area is 304 Å². The van der Waals surface area contributed by atoms with Crippen LogP contribution >= 0.6 is 0 Å². The van der Waals surface area contributed by atoms with Gasteiger partial charge in [-0.3, -0.25) is 19.2 Å². The van der Waals surface area contributed by atoms with Gasteiger partial charge in [-0.2, -0.15) is 0 Å². The summed E-state index contributed by atoms with van der Waals surface area (Å²) in [6, 6.07) is 7.46. The fourth-order valence-corrected chi connectivity index (χ4v) is 5.88. The Kier molecular flexibility index (Phi) is 15.4. The first-order valence-electron chi connectivity index (χ1n) is 17.4. The van der Waals surface area contributed by atoms with Crippen molar-refractivity contribution in [3.8, 4) is 0 Å². The van der Waals surface area contributed by atoms with Crippen molar-refractivity contribution >= 4 is 51.4 Å². The first kappa shape index (κ1) is 42.2. The number of para-hydroxylation sites is 1. The smallest absolute Gasteiger partial charge is 0.246 e. The first-order chi connectivity index (χ1) is 24.5. The second-order valence-corrected chi connectivity index (χ2v) is 14.4.